The number of morpholine rings is 1. The number of hydrogen-bond acceptors (Lipinski definition) is 5. The van der Waals surface area contributed by atoms with E-state index in [2.05, 4.69) is 39.4 Å². The maximum absolute atomic E-state index is 5.53. The monoisotopic (exact) mass is 393 g/mol. The van der Waals surface area contributed by atoms with Gasteiger partial charge >= 0.3 is 0 Å². The number of nitrogens with one attached hydrogen (secondary N) is 2. The second-order valence-corrected chi connectivity index (χ2v) is 9.26. The molecule has 0 atom stereocenters. The number of aliphatic imine (C=N–C) groups is 1. The van der Waals surface area contributed by atoms with E-state index in [0.717, 1.165) is 56.1 Å². The molecule has 1 aliphatic heterocycles. The minimum atomic E-state index is 0.351. The number of aromatic nitrogens is 1. The summed E-state index contributed by atoms with van der Waals surface area (Å²) in [6.07, 6.45) is 6.68. The van der Waals surface area contributed by atoms with E-state index in [9.17, 15) is 0 Å². The number of aryl methyl sites for hydroxylation is 2. The number of nitrogens with zero attached hydrogens (tertiary/aromatic N) is 3. The Labute approximate surface area is 167 Å². The van der Waals surface area contributed by atoms with Crippen LogP contribution in [0.4, 0.5) is 0 Å². The van der Waals surface area contributed by atoms with Crippen LogP contribution in [0.2, 0.25) is 0 Å². The van der Waals surface area contributed by atoms with Gasteiger partial charge in [0, 0.05) is 43.5 Å². The van der Waals surface area contributed by atoms with Crippen molar-refractivity contribution in [3.8, 4) is 0 Å². The molecule has 1 saturated carbocycles. The predicted molar refractivity (Wildman–Crippen MR) is 113 cm³/mol. The van der Waals surface area contributed by atoms with Crippen molar-refractivity contribution >= 4 is 17.3 Å². The van der Waals surface area contributed by atoms with Crippen molar-refractivity contribution in [2.75, 3.05) is 46.4 Å². The van der Waals surface area contributed by atoms with Crippen molar-refractivity contribution < 1.29 is 4.74 Å². The normalized spacial score (nSPS) is 21.2. The third-order valence-electron chi connectivity index (χ3n) is 5.85. The summed E-state index contributed by atoms with van der Waals surface area (Å²) in [5.41, 5.74) is 1.47. The zero-order valence-corrected chi connectivity index (χ0v) is 18.0. The standard InChI is InChI=1S/C20H35N5OS/c1-16-18(27-17(2)24-16)13-22-19(21-3)23-14-20(7-5-4-6-8-20)15-25-9-11-26-12-10-25/h4-15H2,1-3H3,(H2,21,22,23). The van der Waals surface area contributed by atoms with Crippen molar-refractivity contribution in [1.82, 2.24) is 20.5 Å². The molecule has 0 spiro atoms. The van der Waals surface area contributed by atoms with Gasteiger partial charge in [0.25, 0.3) is 0 Å². The zero-order valence-electron chi connectivity index (χ0n) is 17.1. The number of ether oxygens (including phenoxy) is 1. The van der Waals surface area contributed by atoms with Crippen molar-refractivity contribution in [2.45, 2.75) is 52.5 Å². The first-order valence-electron chi connectivity index (χ1n) is 10.3. The fourth-order valence-electron chi connectivity index (χ4n) is 4.32. The van der Waals surface area contributed by atoms with E-state index in [0.29, 0.717) is 5.41 Å². The van der Waals surface area contributed by atoms with Gasteiger partial charge in [0.2, 0.25) is 0 Å². The van der Waals surface area contributed by atoms with Crippen LogP contribution in [0.15, 0.2) is 4.99 Å². The Kier molecular flexibility index (Phi) is 7.49. The van der Waals surface area contributed by atoms with Gasteiger partial charge in [0.1, 0.15) is 0 Å². The number of hydrogen-bond donors (Lipinski definition) is 2. The molecule has 2 heterocycles. The minimum absolute atomic E-state index is 0.351. The summed E-state index contributed by atoms with van der Waals surface area (Å²) >= 11 is 1.76. The third kappa shape index (κ3) is 5.90. The largest absolute Gasteiger partial charge is 0.379 e. The summed E-state index contributed by atoms with van der Waals surface area (Å²) in [4.78, 5) is 12.8. The molecular formula is C20H35N5OS. The molecule has 3 rings (SSSR count). The van der Waals surface area contributed by atoms with Gasteiger partial charge in [0.15, 0.2) is 5.96 Å². The molecule has 1 aromatic rings. The van der Waals surface area contributed by atoms with E-state index in [1.54, 1.807) is 11.3 Å². The molecule has 2 aliphatic rings. The van der Waals surface area contributed by atoms with E-state index >= 15 is 0 Å². The summed E-state index contributed by atoms with van der Waals surface area (Å²) in [6, 6.07) is 0. The van der Waals surface area contributed by atoms with Gasteiger partial charge in [-0.3, -0.25) is 9.89 Å². The topological polar surface area (TPSA) is 61.8 Å². The van der Waals surface area contributed by atoms with Crippen LogP contribution in [0.3, 0.4) is 0 Å². The quantitative estimate of drug-likeness (QED) is 0.575. The average molecular weight is 394 g/mol. The Morgan fingerprint density at radius 3 is 2.56 bits per heavy atom. The molecule has 7 heteroatoms. The summed E-state index contributed by atoms with van der Waals surface area (Å²) in [6.45, 7) is 11.0. The van der Waals surface area contributed by atoms with Crippen LogP contribution in [-0.2, 0) is 11.3 Å². The molecule has 0 aromatic carbocycles. The first kappa shape index (κ1) is 20.6. The highest BCUT2D eigenvalue weighted by Gasteiger charge is 2.34. The van der Waals surface area contributed by atoms with Gasteiger partial charge in [-0.25, -0.2) is 4.98 Å². The SMILES string of the molecule is CN=C(NCc1sc(C)nc1C)NCC1(CN2CCOCC2)CCCCC1. The van der Waals surface area contributed by atoms with Crippen molar-refractivity contribution in [3.05, 3.63) is 15.6 Å². The lowest BCUT2D eigenvalue weighted by molar-refractivity contribution is 0.00820. The lowest BCUT2D eigenvalue weighted by Crippen LogP contribution is -2.51. The molecule has 1 saturated heterocycles. The highest BCUT2D eigenvalue weighted by molar-refractivity contribution is 7.11. The smallest absolute Gasteiger partial charge is 0.191 e. The number of thiazole rings is 1. The molecule has 152 valence electrons. The first-order chi connectivity index (χ1) is 13.1. The predicted octanol–water partition coefficient (Wildman–Crippen LogP) is 2.71. The Balaban J connectivity index is 1.55. The van der Waals surface area contributed by atoms with Crippen LogP contribution < -0.4 is 10.6 Å². The van der Waals surface area contributed by atoms with Crippen molar-refractivity contribution in [2.24, 2.45) is 10.4 Å². The van der Waals surface area contributed by atoms with Crippen LogP contribution in [0, 0.1) is 19.3 Å². The molecule has 0 amide bonds. The van der Waals surface area contributed by atoms with Crippen LogP contribution >= 0.6 is 11.3 Å². The van der Waals surface area contributed by atoms with Gasteiger partial charge < -0.3 is 15.4 Å². The van der Waals surface area contributed by atoms with Crippen LogP contribution in [-0.4, -0.2) is 62.3 Å². The number of guanidine groups is 1. The Morgan fingerprint density at radius 2 is 1.93 bits per heavy atom. The third-order valence-corrected chi connectivity index (χ3v) is 6.92. The summed E-state index contributed by atoms with van der Waals surface area (Å²) < 4.78 is 5.53. The molecule has 1 aromatic heterocycles. The highest BCUT2D eigenvalue weighted by Crippen LogP contribution is 2.36. The lowest BCUT2D eigenvalue weighted by atomic mass is 9.73. The molecule has 1 aliphatic carbocycles. The van der Waals surface area contributed by atoms with Crippen molar-refractivity contribution in [1.29, 1.82) is 0 Å². The first-order valence-corrected chi connectivity index (χ1v) is 11.1. The second-order valence-electron chi connectivity index (χ2n) is 7.97. The molecule has 2 fully saturated rings. The Hall–Kier alpha value is -1.18. The van der Waals surface area contributed by atoms with E-state index < -0.39 is 0 Å². The molecule has 2 N–H and O–H groups in total. The van der Waals surface area contributed by atoms with E-state index in [-0.39, 0.29) is 0 Å². The Bertz CT molecular complexity index is 618. The van der Waals surface area contributed by atoms with Gasteiger partial charge in [-0.1, -0.05) is 19.3 Å². The van der Waals surface area contributed by atoms with Gasteiger partial charge in [-0.2, -0.15) is 0 Å². The maximum Gasteiger partial charge on any atom is 0.191 e. The van der Waals surface area contributed by atoms with E-state index in [1.807, 2.05) is 7.05 Å². The van der Waals surface area contributed by atoms with Crippen LogP contribution in [0.5, 0.6) is 0 Å². The molecule has 27 heavy (non-hydrogen) atoms. The minimum Gasteiger partial charge on any atom is -0.379 e. The fraction of sp³-hybridized carbons (Fsp3) is 0.800. The molecule has 6 nitrogen and oxygen atoms in total. The summed E-state index contributed by atoms with van der Waals surface area (Å²) in [5.74, 6) is 0.896. The van der Waals surface area contributed by atoms with Crippen molar-refractivity contribution in [3.63, 3.8) is 0 Å². The molecule has 0 bridgehead atoms. The molecule has 0 unspecified atom stereocenters. The summed E-state index contributed by atoms with van der Waals surface area (Å²) in [7, 11) is 1.86. The highest BCUT2D eigenvalue weighted by atomic mass is 32.1. The molecular weight excluding hydrogens is 358 g/mol. The van der Waals surface area contributed by atoms with Crippen LogP contribution in [0.25, 0.3) is 0 Å². The van der Waals surface area contributed by atoms with E-state index in [4.69, 9.17) is 4.74 Å². The average Bonchev–Trinajstić information content (AvgIpc) is 3.00. The summed E-state index contributed by atoms with van der Waals surface area (Å²) in [5, 5.41) is 8.23. The molecule has 0 radical (unpaired) electrons. The fourth-order valence-corrected chi connectivity index (χ4v) is 5.20. The maximum atomic E-state index is 5.53. The van der Waals surface area contributed by atoms with E-state index in [1.165, 1.54) is 43.5 Å². The second kappa shape index (κ2) is 9.85. The van der Waals surface area contributed by atoms with Gasteiger partial charge in [-0.15, -0.1) is 11.3 Å². The van der Waals surface area contributed by atoms with Gasteiger partial charge in [0.05, 0.1) is 30.5 Å². The zero-order chi connectivity index (χ0) is 19.1. The lowest BCUT2D eigenvalue weighted by Gasteiger charge is -2.42. The van der Waals surface area contributed by atoms with Gasteiger partial charge in [-0.05, 0) is 26.7 Å². The number of rotatable bonds is 6. The van der Waals surface area contributed by atoms with Crippen LogP contribution in [0.1, 0.15) is 47.7 Å². The Morgan fingerprint density at radius 1 is 1.19 bits per heavy atom.